The van der Waals surface area contributed by atoms with Crippen LogP contribution in [0, 0.1) is 6.92 Å². The average Bonchev–Trinajstić information content (AvgIpc) is 3.10. The van der Waals surface area contributed by atoms with Crippen LogP contribution < -0.4 is 10.9 Å². The fourth-order valence-electron chi connectivity index (χ4n) is 2.40. The van der Waals surface area contributed by atoms with Gasteiger partial charge >= 0.3 is 0 Å². The number of amides is 2. The molecule has 2 aromatic carbocycles. The largest absolute Gasteiger partial charge is 0.274 e. The number of halogens is 1. The summed E-state index contributed by atoms with van der Waals surface area (Å²) < 4.78 is 1.87. The van der Waals surface area contributed by atoms with Gasteiger partial charge in [0.05, 0.1) is 5.75 Å². The van der Waals surface area contributed by atoms with Crippen LogP contribution in [0.15, 0.2) is 53.7 Å². The molecule has 0 radical (unpaired) electrons. The number of carbonyl (C=O) groups is 2. The topological polar surface area (TPSA) is 88.9 Å². The minimum absolute atomic E-state index is 0.0693. The van der Waals surface area contributed by atoms with Crippen LogP contribution in [0.2, 0.25) is 5.02 Å². The molecule has 28 heavy (non-hydrogen) atoms. The summed E-state index contributed by atoms with van der Waals surface area (Å²) in [5.41, 5.74) is 7.47. The Bertz CT molecular complexity index is 987. The van der Waals surface area contributed by atoms with E-state index in [0.29, 0.717) is 16.0 Å². The number of carbonyl (C=O) groups excluding carboxylic acids is 2. The normalized spacial score (nSPS) is 10.5. The van der Waals surface area contributed by atoms with Gasteiger partial charge in [-0.3, -0.25) is 25.0 Å². The summed E-state index contributed by atoms with van der Waals surface area (Å²) in [7, 11) is 0. The van der Waals surface area contributed by atoms with Gasteiger partial charge < -0.3 is 0 Å². The molecular formula is C19H18ClN5O2S. The number of hydrogen-bond acceptors (Lipinski definition) is 5. The van der Waals surface area contributed by atoms with Crippen molar-refractivity contribution in [3.8, 4) is 17.1 Å². The molecule has 0 aliphatic heterocycles. The molecule has 7 nitrogen and oxygen atoms in total. The van der Waals surface area contributed by atoms with Crippen LogP contribution in [-0.4, -0.2) is 32.3 Å². The second-order valence-corrected chi connectivity index (χ2v) is 7.38. The smallest absolute Gasteiger partial charge is 0.248 e. The predicted octanol–water partition coefficient (Wildman–Crippen LogP) is 3.16. The van der Waals surface area contributed by atoms with E-state index in [0.717, 1.165) is 16.8 Å². The molecule has 3 rings (SSSR count). The molecule has 144 valence electrons. The number of hydrogen-bond donors (Lipinski definition) is 2. The highest BCUT2D eigenvalue weighted by molar-refractivity contribution is 7.99. The third kappa shape index (κ3) is 4.90. The van der Waals surface area contributed by atoms with E-state index in [9.17, 15) is 9.59 Å². The molecule has 0 fully saturated rings. The van der Waals surface area contributed by atoms with Crippen molar-refractivity contribution in [2.45, 2.75) is 19.0 Å². The first kappa shape index (κ1) is 19.9. The summed E-state index contributed by atoms with van der Waals surface area (Å²) in [6, 6.07) is 15.3. The Morgan fingerprint density at radius 1 is 1.04 bits per heavy atom. The number of aromatic nitrogens is 3. The van der Waals surface area contributed by atoms with Crippen LogP contribution in [0.25, 0.3) is 17.1 Å². The maximum atomic E-state index is 11.9. The summed E-state index contributed by atoms with van der Waals surface area (Å²) in [4.78, 5) is 22.8. The van der Waals surface area contributed by atoms with Crippen molar-refractivity contribution in [3.63, 3.8) is 0 Å². The highest BCUT2D eigenvalue weighted by atomic mass is 35.5. The van der Waals surface area contributed by atoms with E-state index in [1.54, 1.807) is 12.1 Å². The van der Waals surface area contributed by atoms with Crippen molar-refractivity contribution in [2.24, 2.45) is 0 Å². The number of hydrazine groups is 1. The Kier molecular flexibility index (Phi) is 6.33. The summed E-state index contributed by atoms with van der Waals surface area (Å²) in [6.07, 6.45) is 0. The maximum absolute atomic E-state index is 11.9. The molecule has 1 aromatic heterocycles. The zero-order valence-corrected chi connectivity index (χ0v) is 16.8. The summed E-state index contributed by atoms with van der Waals surface area (Å²) >= 11 is 7.23. The van der Waals surface area contributed by atoms with Crippen molar-refractivity contribution in [3.05, 3.63) is 59.1 Å². The molecule has 0 spiro atoms. The predicted molar refractivity (Wildman–Crippen MR) is 109 cm³/mol. The Morgan fingerprint density at radius 2 is 1.71 bits per heavy atom. The third-order valence-corrected chi connectivity index (χ3v) is 4.92. The first-order valence-corrected chi connectivity index (χ1v) is 9.77. The molecule has 2 N–H and O–H groups in total. The minimum atomic E-state index is -0.345. The summed E-state index contributed by atoms with van der Waals surface area (Å²) in [5.74, 6) is 0.0408. The van der Waals surface area contributed by atoms with E-state index in [-0.39, 0.29) is 17.6 Å². The Balaban J connectivity index is 1.91. The number of benzene rings is 2. The van der Waals surface area contributed by atoms with Gasteiger partial charge in [-0.25, -0.2) is 0 Å². The number of aryl methyl sites for hydroxylation is 1. The van der Waals surface area contributed by atoms with Crippen molar-refractivity contribution in [1.82, 2.24) is 25.6 Å². The molecule has 0 saturated heterocycles. The Hall–Kier alpha value is -2.84. The van der Waals surface area contributed by atoms with Gasteiger partial charge in [-0.1, -0.05) is 53.2 Å². The zero-order chi connectivity index (χ0) is 20.1. The van der Waals surface area contributed by atoms with E-state index < -0.39 is 0 Å². The SMILES string of the molecule is CC(=O)NNC(=O)CSc1nnc(-c2ccc(C)cc2)n1-c1ccc(Cl)cc1. The lowest BCUT2D eigenvalue weighted by molar-refractivity contribution is -0.126. The number of nitrogens with zero attached hydrogens (tertiary/aromatic N) is 3. The molecule has 3 aromatic rings. The van der Waals surface area contributed by atoms with Gasteiger partial charge in [0, 0.05) is 23.2 Å². The van der Waals surface area contributed by atoms with Crippen LogP contribution in [-0.2, 0) is 9.59 Å². The molecule has 0 aliphatic rings. The van der Waals surface area contributed by atoms with E-state index in [4.69, 9.17) is 11.6 Å². The van der Waals surface area contributed by atoms with E-state index in [2.05, 4.69) is 21.0 Å². The van der Waals surface area contributed by atoms with Crippen LogP contribution in [0.4, 0.5) is 0 Å². The molecule has 0 saturated carbocycles. The van der Waals surface area contributed by atoms with Gasteiger partial charge in [0.15, 0.2) is 11.0 Å². The zero-order valence-electron chi connectivity index (χ0n) is 15.3. The Labute approximate surface area is 171 Å². The van der Waals surface area contributed by atoms with Gasteiger partial charge in [-0.15, -0.1) is 10.2 Å². The van der Waals surface area contributed by atoms with Crippen molar-refractivity contribution < 1.29 is 9.59 Å². The van der Waals surface area contributed by atoms with Crippen LogP contribution in [0.1, 0.15) is 12.5 Å². The minimum Gasteiger partial charge on any atom is -0.274 e. The van der Waals surface area contributed by atoms with E-state index >= 15 is 0 Å². The van der Waals surface area contributed by atoms with Crippen LogP contribution in [0.3, 0.4) is 0 Å². The molecule has 0 atom stereocenters. The quantitative estimate of drug-likeness (QED) is 0.493. The van der Waals surface area contributed by atoms with Gasteiger partial charge in [-0.2, -0.15) is 0 Å². The highest BCUT2D eigenvalue weighted by Gasteiger charge is 2.17. The maximum Gasteiger partial charge on any atom is 0.248 e. The summed E-state index contributed by atoms with van der Waals surface area (Å²) in [6.45, 7) is 3.33. The third-order valence-electron chi connectivity index (χ3n) is 3.74. The van der Waals surface area contributed by atoms with Crippen LogP contribution >= 0.6 is 23.4 Å². The lowest BCUT2D eigenvalue weighted by atomic mass is 10.1. The fraction of sp³-hybridized carbons (Fsp3) is 0.158. The van der Waals surface area contributed by atoms with Crippen molar-refractivity contribution in [2.75, 3.05) is 5.75 Å². The van der Waals surface area contributed by atoms with E-state index in [1.807, 2.05) is 47.9 Å². The lowest BCUT2D eigenvalue weighted by Gasteiger charge is -2.11. The van der Waals surface area contributed by atoms with Crippen molar-refractivity contribution in [1.29, 1.82) is 0 Å². The van der Waals surface area contributed by atoms with Gasteiger partial charge in [0.2, 0.25) is 11.8 Å². The molecule has 0 unspecified atom stereocenters. The second kappa shape index (κ2) is 8.90. The van der Waals surface area contributed by atoms with Crippen molar-refractivity contribution >= 4 is 35.2 Å². The number of rotatable bonds is 5. The lowest BCUT2D eigenvalue weighted by Crippen LogP contribution is -2.41. The van der Waals surface area contributed by atoms with Gasteiger partial charge in [0.25, 0.3) is 0 Å². The number of thioether (sulfide) groups is 1. The molecule has 1 heterocycles. The monoisotopic (exact) mass is 415 g/mol. The fourth-order valence-corrected chi connectivity index (χ4v) is 3.28. The van der Waals surface area contributed by atoms with Gasteiger partial charge in [-0.05, 0) is 31.2 Å². The van der Waals surface area contributed by atoms with E-state index in [1.165, 1.54) is 18.7 Å². The molecule has 9 heteroatoms. The standard InChI is InChI=1S/C19H18ClN5O2S/c1-12-3-5-14(6-4-12)18-23-24-19(28-11-17(27)22-21-13(2)26)25(18)16-9-7-15(20)8-10-16/h3-10H,11H2,1-2H3,(H,21,26)(H,22,27). The molecule has 0 aliphatic carbocycles. The first-order chi connectivity index (χ1) is 13.4. The molecule has 0 bridgehead atoms. The average molecular weight is 416 g/mol. The molecular weight excluding hydrogens is 398 g/mol. The van der Waals surface area contributed by atoms with Crippen LogP contribution in [0.5, 0.6) is 0 Å². The molecule has 2 amide bonds. The Morgan fingerprint density at radius 3 is 2.36 bits per heavy atom. The second-order valence-electron chi connectivity index (χ2n) is 6.00. The first-order valence-electron chi connectivity index (χ1n) is 8.40. The number of nitrogens with one attached hydrogen (secondary N) is 2. The summed E-state index contributed by atoms with van der Waals surface area (Å²) in [5, 5.41) is 9.76. The highest BCUT2D eigenvalue weighted by Crippen LogP contribution is 2.28. The van der Waals surface area contributed by atoms with Gasteiger partial charge in [0.1, 0.15) is 0 Å².